The number of halogens is 2. The summed E-state index contributed by atoms with van der Waals surface area (Å²) in [5.41, 5.74) is 1.12. The van der Waals surface area contributed by atoms with Crippen LogP contribution in [0.1, 0.15) is 18.4 Å². The highest BCUT2D eigenvalue weighted by atomic mass is 35.5. The first-order chi connectivity index (χ1) is 7.74. The van der Waals surface area contributed by atoms with Crippen molar-refractivity contribution in [3.05, 3.63) is 41.7 Å². The number of hydrogen-bond donors (Lipinski definition) is 0. The van der Waals surface area contributed by atoms with E-state index < -0.39 is 11.8 Å². The van der Waals surface area contributed by atoms with Crippen LogP contribution in [0.2, 0.25) is 0 Å². The number of hydrogen-bond acceptors (Lipinski definition) is 2. The third kappa shape index (κ3) is 2.25. The highest BCUT2D eigenvalue weighted by molar-refractivity contribution is 6.16. The van der Waals surface area contributed by atoms with E-state index in [0.29, 0.717) is 11.1 Å². The Hall–Kier alpha value is -1.35. The molecule has 1 aliphatic carbocycles. The van der Waals surface area contributed by atoms with Crippen molar-refractivity contribution < 1.29 is 13.5 Å². The van der Waals surface area contributed by atoms with Gasteiger partial charge in [-0.1, -0.05) is 30.3 Å². The Morgan fingerprint density at radius 2 is 1.94 bits per heavy atom. The quantitative estimate of drug-likeness (QED) is 0.756. The van der Waals surface area contributed by atoms with Crippen molar-refractivity contribution in [3.63, 3.8) is 0 Å². The fourth-order valence-corrected chi connectivity index (χ4v) is 1.74. The van der Waals surface area contributed by atoms with Gasteiger partial charge in [0.1, 0.15) is 11.9 Å². The highest BCUT2D eigenvalue weighted by Crippen LogP contribution is 2.44. The number of allylic oxidation sites excluding steroid dienone is 1. The van der Waals surface area contributed by atoms with Gasteiger partial charge in [0.2, 0.25) is 5.83 Å². The second-order valence-corrected chi connectivity index (χ2v) is 3.89. The van der Waals surface area contributed by atoms with Gasteiger partial charge in [0.05, 0.1) is 0 Å². The second kappa shape index (κ2) is 4.66. The predicted molar refractivity (Wildman–Crippen MR) is 59.1 cm³/mol. The van der Waals surface area contributed by atoms with E-state index in [1.807, 2.05) is 6.07 Å². The number of carbonyl (C=O) groups is 1. The minimum Gasteiger partial charge on any atom is -0.341 e. The molecule has 0 saturated heterocycles. The van der Waals surface area contributed by atoms with Gasteiger partial charge in [-0.25, -0.2) is 4.79 Å². The van der Waals surface area contributed by atoms with E-state index in [1.165, 1.54) is 0 Å². The van der Waals surface area contributed by atoms with Crippen LogP contribution in [0.4, 0.5) is 4.39 Å². The molecule has 0 bridgehead atoms. The number of rotatable bonds is 3. The van der Waals surface area contributed by atoms with Crippen LogP contribution in [0.5, 0.6) is 0 Å². The lowest BCUT2D eigenvalue weighted by Gasteiger charge is -2.06. The molecule has 0 amide bonds. The molecular formula is C12H10ClFO2. The third-order valence-corrected chi connectivity index (χ3v) is 2.70. The van der Waals surface area contributed by atoms with Gasteiger partial charge in [0, 0.05) is 5.57 Å². The average Bonchev–Trinajstić information content (AvgIpc) is 3.14. The summed E-state index contributed by atoms with van der Waals surface area (Å²) in [6.45, 7) is 0. The largest absolute Gasteiger partial charge is 0.385 e. The van der Waals surface area contributed by atoms with Gasteiger partial charge in [0.25, 0.3) is 0 Å². The van der Waals surface area contributed by atoms with E-state index in [-0.39, 0.29) is 5.92 Å². The van der Waals surface area contributed by atoms with Crippen LogP contribution >= 0.6 is 11.9 Å². The molecule has 2 rings (SSSR count). The molecule has 0 radical (unpaired) electrons. The van der Waals surface area contributed by atoms with E-state index in [4.69, 9.17) is 11.9 Å². The van der Waals surface area contributed by atoms with Crippen molar-refractivity contribution in [1.29, 1.82) is 0 Å². The molecule has 1 aliphatic rings. The number of carbonyl (C=O) groups excluding carboxylic acids is 1. The second-order valence-electron chi connectivity index (χ2n) is 3.73. The Balaban J connectivity index is 2.41. The summed E-state index contributed by atoms with van der Waals surface area (Å²) in [7, 11) is 0. The normalized spacial score (nSPS) is 16.6. The van der Waals surface area contributed by atoms with Crippen molar-refractivity contribution in [2.75, 3.05) is 0 Å². The highest BCUT2D eigenvalue weighted by Gasteiger charge is 2.32. The van der Waals surface area contributed by atoms with Crippen LogP contribution in [0.3, 0.4) is 0 Å². The fourth-order valence-electron chi connectivity index (χ4n) is 1.68. The first-order valence-corrected chi connectivity index (χ1v) is 5.33. The van der Waals surface area contributed by atoms with Gasteiger partial charge < -0.3 is 4.29 Å². The molecule has 0 spiro atoms. The zero-order chi connectivity index (χ0) is 11.5. The summed E-state index contributed by atoms with van der Waals surface area (Å²) in [4.78, 5) is 11.1. The smallest absolute Gasteiger partial charge is 0.341 e. The van der Waals surface area contributed by atoms with Crippen molar-refractivity contribution in [2.24, 2.45) is 5.92 Å². The van der Waals surface area contributed by atoms with E-state index in [2.05, 4.69) is 4.29 Å². The molecule has 1 fully saturated rings. The molecule has 0 N–H and O–H groups in total. The summed E-state index contributed by atoms with van der Waals surface area (Å²) in [5, 5.41) is 0. The molecule has 0 atom stereocenters. The van der Waals surface area contributed by atoms with Gasteiger partial charge in [-0.15, -0.1) is 0 Å². The minimum atomic E-state index is -1.12. The lowest BCUT2D eigenvalue weighted by atomic mass is 10.0. The van der Waals surface area contributed by atoms with Crippen molar-refractivity contribution in [1.82, 2.24) is 0 Å². The first-order valence-electron chi connectivity index (χ1n) is 5.02. The topological polar surface area (TPSA) is 26.3 Å². The zero-order valence-electron chi connectivity index (χ0n) is 8.45. The minimum absolute atomic E-state index is 0.109. The summed E-state index contributed by atoms with van der Waals surface area (Å²) in [6.07, 6.45) is 1.79. The maximum absolute atomic E-state index is 13.8. The standard InChI is InChI=1S/C12H10ClFO2/c13-16-12(15)11(14)10(9-6-7-9)8-4-2-1-3-5-8/h1-5,9H,6-7H2. The fraction of sp³-hybridized carbons (Fsp3) is 0.250. The van der Waals surface area contributed by atoms with Gasteiger partial charge in [-0.05, 0) is 24.3 Å². The predicted octanol–water partition coefficient (Wildman–Crippen LogP) is 3.47. The summed E-state index contributed by atoms with van der Waals surface area (Å²) in [5.74, 6) is -1.89. The lowest BCUT2D eigenvalue weighted by molar-refractivity contribution is -0.131. The Kier molecular flexibility index (Phi) is 3.25. The third-order valence-electron chi connectivity index (χ3n) is 2.56. The van der Waals surface area contributed by atoms with Crippen LogP contribution in [-0.2, 0) is 9.08 Å². The van der Waals surface area contributed by atoms with Crippen LogP contribution in [-0.4, -0.2) is 5.97 Å². The molecule has 1 aromatic carbocycles. The van der Waals surface area contributed by atoms with Crippen LogP contribution in [0, 0.1) is 5.92 Å². The Morgan fingerprint density at radius 3 is 2.44 bits per heavy atom. The molecule has 0 aromatic heterocycles. The number of benzene rings is 1. The maximum atomic E-state index is 13.8. The van der Waals surface area contributed by atoms with Gasteiger partial charge in [-0.3, -0.25) is 0 Å². The maximum Gasteiger partial charge on any atom is 0.385 e. The SMILES string of the molecule is O=C(OCl)C(F)=C(c1ccccc1)C1CC1. The van der Waals surface area contributed by atoms with E-state index in [0.717, 1.165) is 12.8 Å². The molecule has 0 heterocycles. The van der Waals surface area contributed by atoms with E-state index >= 15 is 0 Å². The average molecular weight is 241 g/mol. The summed E-state index contributed by atoms with van der Waals surface area (Å²) < 4.78 is 17.7. The van der Waals surface area contributed by atoms with Crippen LogP contribution in [0.25, 0.3) is 5.57 Å². The first kappa shape index (κ1) is 11.1. The summed E-state index contributed by atoms with van der Waals surface area (Å²) in [6, 6.07) is 8.99. The van der Waals surface area contributed by atoms with Crippen molar-refractivity contribution in [3.8, 4) is 0 Å². The van der Waals surface area contributed by atoms with E-state index in [9.17, 15) is 9.18 Å². The van der Waals surface area contributed by atoms with Crippen LogP contribution < -0.4 is 0 Å². The van der Waals surface area contributed by atoms with Crippen LogP contribution in [0.15, 0.2) is 36.2 Å². The molecule has 2 nitrogen and oxygen atoms in total. The Labute approximate surface area is 97.8 Å². The monoisotopic (exact) mass is 240 g/mol. The molecule has 0 unspecified atom stereocenters. The summed E-state index contributed by atoms with van der Waals surface area (Å²) >= 11 is 4.88. The van der Waals surface area contributed by atoms with Crippen molar-refractivity contribution >= 4 is 23.4 Å². The Morgan fingerprint density at radius 1 is 1.31 bits per heavy atom. The molecule has 84 valence electrons. The molecule has 1 aromatic rings. The lowest BCUT2D eigenvalue weighted by Crippen LogP contribution is -2.02. The zero-order valence-corrected chi connectivity index (χ0v) is 9.21. The van der Waals surface area contributed by atoms with Gasteiger partial charge in [0.15, 0.2) is 0 Å². The van der Waals surface area contributed by atoms with Gasteiger partial charge in [-0.2, -0.15) is 4.39 Å². The van der Waals surface area contributed by atoms with Crippen molar-refractivity contribution in [2.45, 2.75) is 12.8 Å². The Bertz CT molecular complexity index is 424. The molecule has 4 heteroatoms. The van der Waals surface area contributed by atoms with Gasteiger partial charge >= 0.3 is 5.97 Å². The molecule has 1 saturated carbocycles. The molecular weight excluding hydrogens is 231 g/mol. The molecule has 16 heavy (non-hydrogen) atoms. The van der Waals surface area contributed by atoms with E-state index in [1.54, 1.807) is 24.3 Å². The molecule has 0 aliphatic heterocycles.